The summed E-state index contributed by atoms with van der Waals surface area (Å²) in [6, 6.07) is 6.45. The molecule has 0 bridgehead atoms. The number of pyridine rings is 1. The molecule has 0 atom stereocenters. The molecule has 0 fully saturated rings. The summed E-state index contributed by atoms with van der Waals surface area (Å²) in [5.74, 6) is 0. The van der Waals surface area contributed by atoms with Gasteiger partial charge < -0.3 is 0 Å². The van der Waals surface area contributed by atoms with Crippen molar-refractivity contribution in [3.8, 4) is 0 Å². The van der Waals surface area contributed by atoms with E-state index in [0.29, 0.717) is 5.65 Å². The highest BCUT2D eigenvalue weighted by Crippen LogP contribution is 2.40. The molecule has 0 spiro atoms. The minimum absolute atomic E-state index is 0.711. The predicted molar refractivity (Wildman–Crippen MR) is 85.6 cm³/mol. The Morgan fingerprint density at radius 3 is 2.45 bits per heavy atom. The van der Waals surface area contributed by atoms with Gasteiger partial charge in [-0.3, -0.25) is 4.98 Å². The first-order chi connectivity index (χ1) is 9.92. The molecule has 0 saturated heterocycles. The van der Waals surface area contributed by atoms with Crippen molar-refractivity contribution < 1.29 is 0 Å². The monoisotopic (exact) mass is 293 g/mol. The molecule has 0 aliphatic heterocycles. The van der Waals surface area contributed by atoms with Crippen molar-refractivity contribution in [2.75, 3.05) is 0 Å². The first kappa shape index (κ1) is 10.7. The lowest BCUT2D eigenvalue weighted by atomic mass is 10.1. The summed E-state index contributed by atoms with van der Waals surface area (Å²) in [5, 5.41) is 7.98. The summed E-state index contributed by atoms with van der Waals surface area (Å²) in [4.78, 5) is 13.4. The van der Waals surface area contributed by atoms with Crippen LogP contribution in [0, 0.1) is 0 Å². The number of nitrogens with zero attached hydrogens (tertiary/aromatic N) is 3. The summed E-state index contributed by atoms with van der Waals surface area (Å²) in [6.45, 7) is 0. The minimum atomic E-state index is 0.711. The lowest BCUT2D eigenvalue weighted by molar-refractivity contribution is 1.25. The van der Waals surface area contributed by atoms with Gasteiger partial charge in [0.25, 0.3) is 0 Å². The zero-order valence-corrected chi connectivity index (χ0v) is 11.8. The van der Waals surface area contributed by atoms with E-state index in [1.54, 1.807) is 35.1 Å². The van der Waals surface area contributed by atoms with E-state index < -0.39 is 0 Å². The van der Waals surface area contributed by atoms with E-state index in [4.69, 9.17) is 4.98 Å². The van der Waals surface area contributed by atoms with Gasteiger partial charge in [0.1, 0.15) is 5.52 Å². The number of aromatic nitrogens is 3. The van der Waals surface area contributed by atoms with Crippen molar-refractivity contribution in [2.45, 2.75) is 0 Å². The summed E-state index contributed by atoms with van der Waals surface area (Å²) < 4.78 is 2.60. The maximum atomic E-state index is 4.75. The van der Waals surface area contributed by atoms with Crippen molar-refractivity contribution in [3.05, 3.63) is 41.4 Å². The van der Waals surface area contributed by atoms with Crippen LogP contribution in [0.15, 0.2) is 41.4 Å². The Morgan fingerprint density at radius 1 is 0.800 bits per heavy atom. The second-order valence-electron chi connectivity index (χ2n) is 4.61. The van der Waals surface area contributed by atoms with Gasteiger partial charge >= 0.3 is 0 Å². The summed E-state index contributed by atoms with van der Waals surface area (Å²) in [6.07, 6.45) is 3.40. The molecule has 0 aliphatic carbocycles. The molecule has 0 amide bonds. The quantitative estimate of drug-likeness (QED) is 0.391. The standard InChI is InChI=1S/C15H7N3S2/c1-5-19-13-8(1)12-10(14-9(13)2-6-20-14)7-11-15(18-12)17-4-3-16-11/h1-7H. The first-order valence-electron chi connectivity index (χ1n) is 6.20. The van der Waals surface area contributed by atoms with Gasteiger partial charge in [-0.15, -0.1) is 22.7 Å². The Hall–Kier alpha value is -2.11. The highest BCUT2D eigenvalue weighted by Gasteiger charge is 2.13. The van der Waals surface area contributed by atoms with Crippen molar-refractivity contribution in [1.82, 2.24) is 15.0 Å². The summed E-state index contributed by atoms with van der Waals surface area (Å²) in [5.41, 5.74) is 2.59. The third kappa shape index (κ3) is 1.26. The molecule has 5 rings (SSSR count). The zero-order chi connectivity index (χ0) is 13.1. The van der Waals surface area contributed by atoms with Gasteiger partial charge in [-0.2, -0.15) is 0 Å². The smallest absolute Gasteiger partial charge is 0.178 e. The van der Waals surface area contributed by atoms with E-state index in [2.05, 4.69) is 38.9 Å². The molecule has 4 aromatic heterocycles. The van der Waals surface area contributed by atoms with Crippen LogP contribution in [-0.2, 0) is 0 Å². The van der Waals surface area contributed by atoms with E-state index in [9.17, 15) is 0 Å². The van der Waals surface area contributed by atoms with E-state index >= 15 is 0 Å². The molecule has 0 aliphatic rings. The van der Waals surface area contributed by atoms with Crippen molar-refractivity contribution in [2.24, 2.45) is 0 Å². The van der Waals surface area contributed by atoms with Crippen LogP contribution in [-0.4, -0.2) is 15.0 Å². The number of thiophene rings is 2. The van der Waals surface area contributed by atoms with E-state index in [0.717, 1.165) is 11.0 Å². The second-order valence-corrected chi connectivity index (χ2v) is 6.44. The highest BCUT2D eigenvalue weighted by atomic mass is 32.1. The molecular weight excluding hydrogens is 286 g/mol. The van der Waals surface area contributed by atoms with Gasteiger partial charge in [-0.1, -0.05) is 0 Å². The van der Waals surface area contributed by atoms with E-state index in [-0.39, 0.29) is 0 Å². The van der Waals surface area contributed by atoms with Crippen molar-refractivity contribution in [1.29, 1.82) is 0 Å². The van der Waals surface area contributed by atoms with Gasteiger partial charge in [0.15, 0.2) is 5.65 Å². The largest absolute Gasteiger partial charge is 0.251 e. The molecule has 20 heavy (non-hydrogen) atoms. The van der Waals surface area contributed by atoms with Gasteiger partial charge in [-0.05, 0) is 29.0 Å². The van der Waals surface area contributed by atoms with Crippen molar-refractivity contribution >= 4 is 64.9 Å². The molecule has 0 saturated carbocycles. The molecule has 0 unspecified atom stereocenters. The molecule has 1 aromatic carbocycles. The second kappa shape index (κ2) is 3.71. The Balaban J connectivity index is 2.19. The van der Waals surface area contributed by atoms with Gasteiger partial charge in [0.05, 0.1) is 5.52 Å². The normalized spacial score (nSPS) is 12.0. The Bertz CT molecular complexity index is 1020. The highest BCUT2D eigenvalue weighted by molar-refractivity contribution is 7.22. The molecule has 0 N–H and O–H groups in total. The number of hydrogen-bond acceptors (Lipinski definition) is 5. The molecule has 94 valence electrons. The van der Waals surface area contributed by atoms with Crippen LogP contribution in [0.1, 0.15) is 0 Å². The van der Waals surface area contributed by atoms with Crippen LogP contribution in [0.5, 0.6) is 0 Å². The van der Waals surface area contributed by atoms with Gasteiger partial charge in [0.2, 0.25) is 0 Å². The van der Waals surface area contributed by atoms with E-state index in [1.165, 1.54) is 25.6 Å². The molecular formula is C15H7N3S2. The van der Waals surface area contributed by atoms with Gasteiger partial charge in [0, 0.05) is 38.0 Å². The van der Waals surface area contributed by atoms with Crippen LogP contribution in [0.2, 0.25) is 0 Å². The van der Waals surface area contributed by atoms with E-state index in [1.807, 2.05) is 0 Å². The molecule has 5 aromatic rings. The maximum Gasteiger partial charge on any atom is 0.178 e. The predicted octanol–water partition coefficient (Wildman–Crippen LogP) is 4.61. The molecule has 5 heteroatoms. The lowest BCUT2D eigenvalue weighted by Gasteiger charge is -2.04. The number of fused-ring (bicyclic) bond motifs is 7. The Labute approximate surface area is 121 Å². The van der Waals surface area contributed by atoms with Crippen LogP contribution >= 0.6 is 22.7 Å². The van der Waals surface area contributed by atoms with Crippen LogP contribution in [0.25, 0.3) is 42.2 Å². The molecule has 0 radical (unpaired) electrons. The van der Waals surface area contributed by atoms with Crippen LogP contribution < -0.4 is 0 Å². The number of hydrogen-bond donors (Lipinski definition) is 0. The maximum absolute atomic E-state index is 4.75. The summed E-state index contributed by atoms with van der Waals surface area (Å²) >= 11 is 3.53. The van der Waals surface area contributed by atoms with Gasteiger partial charge in [-0.25, -0.2) is 9.97 Å². The van der Waals surface area contributed by atoms with Crippen molar-refractivity contribution in [3.63, 3.8) is 0 Å². The number of benzene rings is 1. The molecule has 4 heterocycles. The third-order valence-electron chi connectivity index (χ3n) is 3.53. The fourth-order valence-electron chi connectivity index (χ4n) is 2.68. The fourth-order valence-corrected chi connectivity index (χ4v) is 4.59. The average Bonchev–Trinajstić information content (AvgIpc) is 3.14. The topological polar surface area (TPSA) is 38.7 Å². The van der Waals surface area contributed by atoms with Crippen LogP contribution in [0.3, 0.4) is 0 Å². The first-order valence-corrected chi connectivity index (χ1v) is 7.95. The zero-order valence-electron chi connectivity index (χ0n) is 10.2. The Kier molecular flexibility index (Phi) is 1.98. The SMILES string of the molecule is c1cnc2nc3c4ccsc4c4ccsc4c3cc2n1. The number of rotatable bonds is 0. The lowest BCUT2D eigenvalue weighted by Crippen LogP contribution is -1.88. The fraction of sp³-hybridized carbons (Fsp3) is 0. The third-order valence-corrected chi connectivity index (χ3v) is 5.43. The Morgan fingerprint density at radius 2 is 1.55 bits per heavy atom. The molecule has 3 nitrogen and oxygen atoms in total. The average molecular weight is 293 g/mol. The summed E-state index contributed by atoms with van der Waals surface area (Å²) in [7, 11) is 0. The minimum Gasteiger partial charge on any atom is -0.251 e. The van der Waals surface area contributed by atoms with Crippen LogP contribution in [0.4, 0.5) is 0 Å².